The van der Waals surface area contributed by atoms with Crippen LogP contribution in [0.2, 0.25) is 0 Å². The Kier molecular flexibility index (Phi) is 3.69. The normalized spacial score (nSPS) is 10.7. The molecule has 0 aliphatic carbocycles. The number of carbonyl (C=O) groups is 1. The fourth-order valence-corrected chi connectivity index (χ4v) is 2.34. The van der Waals surface area contributed by atoms with Gasteiger partial charge in [0.2, 0.25) is 0 Å². The molecule has 0 fully saturated rings. The van der Waals surface area contributed by atoms with Gasteiger partial charge >= 0.3 is 5.97 Å². The minimum absolute atomic E-state index is 0.00406. The van der Waals surface area contributed by atoms with E-state index >= 15 is 0 Å². The number of pyridine rings is 1. The van der Waals surface area contributed by atoms with E-state index in [4.69, 9.17) is 14.0 Å². The third-order valence-corrected chi connectivity index (χ3v) is 3.51. The van der Waals surface area contributed by atoms with E-state index in [1.165, 1.54) is 30.3 Å². The van der Waals surface area contributed by atoms with E-state index in [9.17, 15) is 4.79 Å². The Hall–Kier alpha value is -2.61. The molecule has 106 valence electrons. The summed E-state index contributed by atoms with van der Waals surface area (Å²) in [6.07, 6.45) is 2.98. The molecule has 3 aromatic heterocycles. The summed E-state index contributed by atoms with van der Waals surface area (Å²) in [6, 6.07) is 6.69. The molecule has 0 unspecified atom stereocenters. The van der Waals surface area contributed by atoms with Crippen LogP contribution >= 0.6 is 11.8 Å². The van der Waals surface area contributed by atoms with Gasteiger partial charge in [-0.15, -0.1) is 11.8 Å². The van der Waals surface area contributed by atoms with Crippen LogP contribution in [0.3, 0.4) is 0 Å². The van der Waals surface area contributed by atoms with Crippen LogP contribution in [0.1, 0.15) is 16.3 Å². The number of aromatic nitrogens is 3. The summed E-state index contributed by atoms with van der Waals surface area (Å²) in [6.45, 7) is 0. The minimum Gasteiger partial charge on any atom is -0.477 e. The third kappa shape index (κ3) is 3.11. The van der Waals surface area contributed by atoms with Crippen molar-refractivity contribution in [3.63, 3.8) is 0 Å². The van der Waals surface area contributed by atoms with Gasteiger partial charge < -0.3 is 14.0 Å². The monoisotopic (exact) mass is 303 g/mol. The van der Waals surface area contributed by atoms with Crippen LogP contribution in [0, 0.1) is 0 Å². The molecule has 7 nitrogen and oxygen atoms in total. The Labute approximate surface area is 123 Å². The molecule has 3 heterocycles. The maximum Gasteiger partial charge on any atom is 0.354 e. The van der Waals surface area contributed by atoms with Crippen molar-refractivity contribution in [2.24, 2.45) is 0 Å². The maximum atomic E-state index is 10.8. The van der Waals surface area contributed by atoms with Crippen molar-refractivity contribution in [1.29, 1.82) is 0 Å². The van der Waals surface area contributed by atoms with Crippen LogP contribution < -0.4 is 0 Å². The van der Waals surface area contributed by atoms with Crippen molar-refractivity contribution in [1.82, 2.24) is 15.1 Å². The molecule has 0 aromatic carbocycles. The van der Waals surface area contributed by atoms with Gasteiger partial charge in [-0.05, 0) is 24.3 Å². The Morgan fingerprint density at radius 3 is 3.05 bits per heavy atom. The van der Waals surface area contributed by atoms with Crippen molar-refractivity contribution in [2.45, 2.75) is 10.6 Å². The molecule has 3 aromatic rings. The number of aromatic carboxylic acids is 1. The minimum atomic E-state index is -1.06. The second kappa shape index (κ2) is 5.80. The van der Waals surface area contributed by atoms with Crippen molar-refractivity contribution in [2.75, 3.05) is 0 Å². The number of carboxylic acid groups (broad SMARTS) is 1. The van der Waals surface area contributed by atoms with Crippen molar-refractivity contribution in [3.05, 3.63) is 48.2 Å². The number of thioether (sulfide) groups is 1. The van der Waals surface area contributed by atoms with E-state index in [1.54, 1.807) is 18.2 Å². The van der Waals surface area contributed by atoms with E-state index in [0.29, 0.717) is 23.2 Å². The topological polar surface area (TPSA) is 102 Å². The van der Waals surface area contributed by atoms with Gasteiger partial charge in [-0.1, -0.05) is 5.16 Å². The fourth-order valence-electron chi connectivity index (χ4n) is 1.58. The molecule has 1 N–H and O–H groups in total. The highest BCUT2D eigenvalue weighted by Crippen LogP contribution is 2.23. The molecule has 8 heteroatoms. The maximum absolute atomic E-state index is 10.8. The lowest BCUT2D eigenvalue weighted by molar-refractivity contribution is 0.0690. The number of hydrogen-bond donors (Lipinski definition) is 1. The smallest absolute Gasteiger partial charge is 0.354 e. The van der Waals surface area contributed by atoms with Crippen LogP contribution in [0.25, 0.3) is 11.7 Å². The Bertz CT molecular complexity index is 754. The van der Waals surface area contributed by atoms with Gasteiger partial charge in [0.1, 0.15) is 5.69 Å². The van der Waals surface area contributed by atoms with Gasteiger partial charge in [-0.25, -0.2) is 9.78 Å². The lowest BCUT2D eigenvalue weighted by Gasteiger charge is -1.99. The predicted octanol–water partition coefficient (Wildman–Crippen LogP) is 2.72. The Balaban J connectivity index is 1.68. The zero-order valence-electron chi connectivity index (χ0n) is 10.6. The number of furan rings is 1. The van der Waals surface area contributed by atoms with Crippen LogP contribution in [-0.4, -0.2) is 26.2 Å². The number of nitrogens with zero attached hydrogens (tertiary/aromatic N) is 3. The average Bonchev–Trinajstić information content (AvgIpc) is 3.16. The zero-order chi connectivity index (χ0) is 14.7. The van der Waals surface area contributed by atoms with Crippen molar-refractivity contribution in [3.8, 4) is 11.7 Å². The highest BCUT2D eigenvalue weighted by Gasteiger charge is 2.12. The number of rotatable bonds is 5. The van der Waals surface area contributed by atoms with E-state index in [-0.39, 0.29) is 5.69 Å². The van der Waals surface area contributed by atoms with Crippen LogP contribution in [-0.2, 0) is 5.75 Å². The molecule has 0 amide bonds. The van der Waals surface area contributed by atoms with E-state index in [1.807, 2.05) is 0 Å². The first-order valence-electron chi connectivity index (χ1n) is 5.91. The summed E-state index contributed by atoms with van der Waals surface area (Å²) < 4.78 is 10.2. The molecule has 0 atom stereocenters. The molecule has 0 spiro atoms. The second-order valence-electron chi connectivity index (χ2n) is 3.96. The molecule has 0 radical (unpaired) electrons. The van der Waals surface area contributed by atoms with Gasteiger partial charge in [0, 0.05) is 11.1 Å². The van der Waals surface area contributed by atoms with Crippen LogP contribution in [0.5, 0.6) is 0 Å². The quantitative estimate of drug-likeness (QED) is 0.718. The molecule has 0 saturated carbocycles. The first-order chi connectivity index (χ1) is 10.2. The molecule has 3 rings (SSSR count). The van der Waals surface area contributed by atoms with Gasteiger partial charge in [0.15, 0.2) is 11.6 Å². The molecule has 0 aliphatic heterocycles. The molecule has 0 bridgehead atoms. The van der Waals surface area contributed by atoms with Gasteiger partial charge in [-0.2, -0.15) is 4.98 Å². The summed E-state index contributed by atoms with van der Waals surface area (Å²) in [7, 11) is 0. The lowest BCUT2D eigenvalue weighted by atomic mass is 10.3. The van der Waals surface area contributed by atoms with E-state index in [2.05, 4.69) is 15.1 Å². The molecule has 0 saturated heterocycles. The first kappa shape index (κ1) is 13.4. The molecular formula is C13H9N3O4S. The standard InChI is InChI=1S/C13H9N3O4S/c17-13(18)9-6-8(3-4-14-9)21-7-11-15-12(20-16-11)10-2-1-5-19-10/h1-6H,7H2,(H,17,18). The van der Waals surface area contributed by atoms with Crippen molar-refractivity contribution < 1.29 is 18.8 Å². The van der Waals surface area contributed by atoms with E-state index < -0.39 is 5.97 Å². The number of hydrogen-bond acceptors (Lipinski definition) is 7. The average molecular weight is 303 g/mol. The van der Waals surface area contributed by atoms with Gasteiger partial charge in [-0.3, -0.25) is 0 Å². The lowest BCUT2D eigenvalue weighted by Crippen LogP contribution is -1.99. The summed E-state index contributed by atoms with van der Waals surface area (Å²) >= 11 is 1.40. The van der Waals surface area contributed by atoms with Gasteiger partial charge in [0.25, 0.3) is 5.89 Å². The third-order valence-electron chi connectivity index (χ3n) is 2.52. The largest absolute Gasteiger partial charge is 0.477 e. The Morgan fingerprint density at radius 2 is 2.29 bits per heavy atom. The van der Waals surface area contributed by atoms with Crippen LogP contribution in [0.15, 0.2) is 50.6 Å². The highest BCUT2D eigenvalue weighted by atomic mass is 32.2. The molecule has 0 aliphatic rings. The highest BCUT2D eigenvalue weighted by molar-refractivity contribution is 7.98. The molecule has 21 heavy (non-hydrogen) atoms. The Morgan fingerprint density at radius 1 is 1.38 bits per heavy atom. The first-order valence-corrected chi connectivity index (χ1v) is 6.89. The van der Waals surface area contributed by atoms with E-state index in [0.717, 1.165) is 4.90 Å². The summed E-state index contributed by atoms with van der Waals surface area (Å²) in [5.41, 5.74) is 0.00406. The SMILES string of the molecule is O=C(O)c1cc(SCc2noc(-c3ccco3)n2)ccn1. The fraction of sp³-hybridized carbons (Fsp3) is 0.0769. The van der Waals surface area contributed by atoms with Crippen molar-refractivity contribution >= 4 is 17.7 Å². The summed E-state index contributed by atoms with van der Waals surface area (Å²) in [4.78, 5) is 19.6. The van der Waals surface area contributed by atoms with Gasteiger partial charge in [0.05, 0.1) is 12.0 Å². The summed E-state index contributed by atoms with van der Waals surface area (Å²) in [5.74, 6) is 0.720. The summed E-state index contributed by atoms with van der Waals surface area (Å²) in [5, 5.41) is 12.7. The number of carboxylic acids is 1. The molecular weight excluding hydrogens is 294 g/mol. The van der Waals surface area contributed by atoms with Crippen LogP contribution in [0.4, 0.5) is 0 Å². The predicted molar refractivity (Wildman–Crippen MR) is 72.8 cm³/mol. The second-order valence-corrected chi connectivity index (χ2v) is 5.01. The zero-order valence-corrected chi connectivity index (χ0v) is 11.4.